The fraction of sp³-hybridized carbons (Fsp3) is 0.417. The number of halogens is 1. The van der Waals surface area contributed by atoms with Gasteiger partial charge in [-0.2, -0.15) is 0 Å². The van der Waals surface area contributed by atoms with E-state index in [-0.39, 0.29) is 17.9 Å². The Morgan fingerprint density at radius 2 is 1.79 bits per heavy atom. The van der Waals surface area contributed by atoms with E-state index in [0.29, 0.717) is 18.0 Å². The van der Waals surface area contributed by atoms with Crippen LogP contribution in [0.15, 0.2) is 48.5 Å². The van der Waals surface area contributed by atoms with Gasteiger partial charge in [-0.25, -0.2) is 0 Å². The highest BCUT2D eigenvalue weighted by atomic mass is 35.5. The normalized spacial score (nSPS) is 22.3. The molecule has 29 heavy (non-hydrogen) atoms. The van der Waals surface area contributed by atoms with Crippen molar-refractivity contribution in [3.8, 4) is 0 Å². The number of hydrogen-bond acceptors (Lipinski definition) is 2. The molecule has 1 heterocycles. The SMILES string of the molecule is C[C@]1(C(=O)NCc2ccc(Cl)cc2)Cc2ccccc2C(=O)N1C1CCCCC1. The van der Waals surface area contributed by atoms with Crippen LogP contribution in [0.2, 0.25) is 5.02 Å². The van der Waals surface area contributed by atoms with Gasteiger partial charge >= 0.3 is 0 Å². The van der Waals surface area contributed by atoms with Gasteiger partial charge in [0.1, 0.15) is 5.54 Å². The molecule has 5 heteroatoms. The molecular formula is C24H27ClN2O2. The number of carbonyl (C=O) groups is 2. The first-order chi connectivity index (χ1) is 14.0. The lowest BCUT2D eigenvalue weighted by Gasteiger charge is -2.49. The fourth-order valence-electron chi connectivity index (χ4n) is 4.77. The molecule has 0 saturated heterocycles. The highest BCUT2D eigenvalue weighted by molar-refractivity contribution is 6.30. The number of nitrogens with zero attached hydrogens (tertiary/aromatic N) is 1. The maximum absolute atomic E-state index is 13.5. The monoisotopic (exact) mass is 410 g/mol. The van der Waals surface area contributed by atoms with Gasteiger partial charge in [-0.1, -0.05) is 61.2 Å². The second-order valence-corrected chi connectivity index (χ2v) is 8.82. The van der Waals surface area contributed by atoms with E-state index in [0.717, 1.165) is 42.4 Å². The quantitative estimate of drug-likeness (QED) is 0.790. The molecule has 0 radical (unpaired) electrons. The van der Waals surface area contributed by atoms with Gasteiger partial charge in [-0.3, -0.25) is 9.59 Å². The van der Waals surface area contributed by atoms with Crippen LogP contribution in [0.1, 0.15) is 60.5 Å². The summed E-state index contributed by atoms with van der Waals surface area (Å²) in [4.78, 5) is 28.8. The average Bonchev–Trinajstić information content (AvgIpc) is 2.74. The molecule has 2 aromatic rings. The minimum Gasteiger partial charge on any atom is -0.350 e. The summed E-state index contributed by atoms with van der Waals surface area (Å²) in [6.07, 6.45) is 5.89. The van der Waals surface area contributed by atoms with Crippen LogP contribution < -0.4 is 5.32 Å². The van der Waals surface area contributed by atoms with Crippen molar-refractivity contribution in [1.82, 2.24) is 10.2 Å². The molecule has 0 bridgehead atoms. The molecule has 1 fully saturated rings. The molecule has 152 valence electrons. The molecule has 1 aliphatic carbocycles. The highest BCUT2D eigenvalue weighted by Crippen LogP contribution is 2.37. The Morgan fingerprint density at radius 3 is 2.52 bits per heavy atom. The van der Waals surface area contributed by atoms with Gasteiger partial charge in [0.15, 0.2) is 0 Å². The minimum absolute atomic E-state index is 0.0112. The Balaban J connectivity index is 1.62. The molecule has 0 unspecified atom stereocenters. The number of nitrogens with one attached hydrogen (secondary N) is 1. The zero-order valence-corrected chi connectivity index (χ0v) is 17.5. The van der Waals surface area contributed by atoms with Crippen LogP contribution in [0.5, 0.6) is 0 Å². The lowest BCUT2D eigenvalue weighted by atomic mass is 9.79. The second-order valence-electron chi connectivity index (χ2n) is 8.38. The van der Waals surface area contributed by atoms with Crippen molar-refractivity contribution in [1.29, 1.82) is 0 Å². The Morgan fingerprint density at radius 1 is 1.10 bits per heavy atom. The molecule has 1 saturated carbocycles. The highest BCUT2D eigenvalue weighted by Gasteiger charge is 2.49. The first kappa shape index (κ1) is 20.0. The Kier molecular flexibility index (Phi) is 5.64. The molecule has 1 N–H and O–H groups in total. The zero-order chi connectivity index (χ0) is 20.4. The summed E-state index contributed by atoms with van der Waals surface area (Å²) in [6.45, 7) is 2.34. The van der Waals surface area contributed by atoms with Crippen molar-refractivity contribution in [3.05, 3.63) is 70.2 Å². The summed E-state index contributed by atoms with van der Waals surface area (Å²) in [5.74, 6) is -0.108. The summed E-state index contributed by atoms with van der Waals surface area (Å²) in [6, 6.07) is 15.3. The lowest BCUT2D eigenvalue weighted by molar-refractivity contribution is -0.133. The van der Waals surface area contributed by atoms with Crippen molar-refractivity contribution < 1.29 is 9.59 Å². The molecule has 2 aliphatic rings. The molecular weight excluding hydrogens is 384 g/mol. The van der Waals surface area contributed by atoms with Gasteiger partial charge in [-0.05, 0) is 49.1 Å². The van der Waals surface area contributed by atoms with Gasteiger partial charge in [0.25, 0.3) is 5.91 Å². The summed E-state index contributed by atoms with van der Waals surface area (Å²) >= 11 is 5.96. The van der Waals surface area contributed by atoms with Crippen LogP contribution in [0, 0.1) is 0 Å². The van der Waals surface area contributed by atoms with Crippen LogP contribution in [-0.2, 0) is 17.8 Å². The Hall–Kier alpha value is -2.33. The number of carbonyl (C=O) groups excluding carboxylic acids is 2. The molecule has 2 amide bonds. The first-order valence-corrected chi connectivity index (χ1v) is 10.8. The third-order valence-electron chi connectivity index (χ3n) is 6.33. The molecule has 1 aliphatic heterocycles. The van der Waals surface area contributed by atoms with E-state index in [4.69, 9.17) is 11.6 Å². The van der Waals surface area contributed by atoms with Gasteiger partial charge in [0.05, 0.1) is 0 Å². The van der Waals surface area contributed by atoms with Crippen molar-refractivity contribution in [2.45, 2.75) is 63.6 Å². The maximum atomic E-state index is 13.5. The Bertz CT molecular complexity index is 905. The first-order valence-electron chi connectivity index (χ1n) is 10.4. The van der Waals surface area contributed by atoms with Crippen LogP contribution in [0.25, 0.3) is 0 Å². The number of amides is 2. The van der Waals surface area contributed by atoms with E-state index >= 15 is 0 Å². The van der Waals surface area contributed by atoms with E-state index < -0.39 is 5.54 Å². The maximum Gasteiger partial charge on any atom is 0.255 e. The predicted molar refractivity (Wildman–Crippen MR) is 115 cm³/mol. The summed E-state index contributed by atoms with van der Waals surface area (Å²) < 4.78 is 0. The predicted octanol–water partition coefficient (Wildman–Crippen LogP) is 4.75. The summed E-state index contributed by atoms with van der Waals surface area (Å²) in [5, 5.41) is 3.74. The topological polar surface area (TPSA) is 49.4 Å². The smallest absolute Gasteiger partial charge is 0.255 e. The van der Waals surface area contributed by atoms with E-state index in [9.17, 15) is 9.59 Å². The van der Waals surface area contributed by atoms with E-state index in [1.807, 2.05) is 60.4 Å². The third kappa shape index (κ3) is 3.91. The van der Waals surface area contributed by atoms with Crippen LogP contribution in [-0.4, -0.2) is 28.3 Å². The molecule has 4 rings (SSSR count). The van der Waals surface area contributed by atoms with Crippen molar-refractivity contribution in [3.63, 3.8) is 0 Å². The van der Waals surface area contributed by atoms with Gasteiger partial charge in [-0.15, -0.1) is 0 Å². The van der Waals surface area contributed by atoms with Crippen molar-refractivity contribution >= 4 is 23.4 Å². The lowest BCUT2D eigenvalue weighted by Crippen LogP contribution is -2.65. The Labute approximate surface area is 177 Å². The third-order valence-corrected chi connectivity index (χ3v) is 6.58. The molecule has 0 aromatic heterocycles. The van der Waals surface area contributed by atoms with Crippen LogP contribution >= 0.6 is 11.6 Å². The van der Waals surface area contributed by atoms with E-state index in [1.165, 1.54) is 6.42 Å². The molecule has 4 nitrogen and oxygen atoms in total. The number of rotatable bonds is 4. The standard InChI is InChI=1S/C24H27ClN2O2/c1-24(23(29)26-16-17-11-13-19(25)14-12-17)15-18-7-5-6-10-21(18)22(28)27(24)20-8-3-2-4-9-20/h5-7,10-14,20H,2-4,8-9,15-16H2,1H3,(H,26,29)/t24-/m1/s1. The van der Waals surface area contributed by atoms with E-state index in [2.05, 4.69) is 5.32 Å². The summed E-state index contributed by atoms with van der Waals surface area (Å²) in [5.41, 5.74) is 1.78. The average molecular weight is 411 g/mol. The summed E-state index contributed by atoms with van der Waals surface area (Å²) in [7, 11) is 0. The number of benzene rings is 2. The van der Waals surface area contributed by atoms with Crippen molar-refractivity contribution in [2.75, 3.05) is 0 Å². The van der Waals surface area contributed by atoms with Gasteiger partial charge < -0.3 is 10.2 Å². The molecule has 1 atom stereocenters. The molecule has 0 spiro atoms. The largest absolute Gasteiger partial charge is 0.350 e. The van der Waals surface area contributed by atoms with E-state index in [1.54, 1.807) is 0 Å². The second kappa shape index (κ2) is 8.19. The van der Waals surface area contributed by atoms with Crippen molar-refractivity contribution in [2.24, 2.45) is 0 Å². The molecule has 2 aromatic carbocycles. The van der Waals surface area contributed by atoms with Gasteiger partial charge in [0, 0.05) is 29.6 Å². The fourth-order valence-corrected chi connectivity index (χ4v) is 4.89. The van der Waals surface area contributed by atoms with Crippen LogP contribution in [0.3, 0.4) is 0 Å². The minimum atomic E-state index is -0.889. The van der Waals surface area contributed by atoms with Gasteiger partial charge in [0.2, 0.25) is 5.91 Å². The number of hydrogen-bond donors (Lipinski definition) is 1. The van der Waals surface area contributed by atoms with Crippen LogP contribution in [0.4, 0.5) is 0 Å². The zero-order valence-electron chi connectivity index (χ0n) is 16.8. The number of fused-ring (bicyclic) bond motifs is 1.